The first-order valence-electron chi connectivity index (χ1n) is 5.86. The number of benzene rings is 1. The highest BCUT2D eigenvalue weighted by molar-refractivity contribution is 7.18. The van der Waals surface area contributed by atoms with Crippen LogP contribution in [0.1, 0.15) is 33.2 Å². The molecular weight excluding hydrogens is 266 g/mol. The third kappa shape index (κ3) is 3.70. The number of aromatic nitrogens is 1. The number of fused-ring (bicyclic) bond motifs is 1. The normalized spacial score (nSPS) is 9.75. The SMILES string of the molecule is C.[CH2-]C#CC#COc1ccc2nc(C(C)(C)C)sc2c1. The molecule has 0 fully saturated rings. The minimum Gasteiger partial charge on any atom is -0.408 e. The molecule has 0 bridgehead atoms. The Bertz CT molecular complexity index is 714. The average molecular weight is 284 g/mol. The molecule has 1 aromatic carbocycles. The van der Waals surface area contributed by atoms with Crippen LogP contribution >= 0.6 is 11.3 Å². The lowest BCUT2D eigenvalue weighted by Crippen LogP contribution is -2.09. The van der Waals surface area contributed by atoms with E-state index < -0.39 is 0 Å². The lowest BCUT2D eigenvalue weighted by molar-refractivity contribution is 0.521. The zero-order valence-electron chi connectivity index (χ0n) is 11.2. The van der Waals surface area contributed by atoms with Crippen LogP contribution in [0.25, 0.3) is 10.2 Å². The Kier molecular flexibility index (Phi) is 5.08. The fourth-order valence-corrected chi connectivity index (χ4v) is 2.50. The van der Waals surface area contributed by atoms with E-state index in [2.05, 4.69) is 56.5 Å². The van der Waals surface area contributed by atoms with Crippen molar-refractivity contribution in [1.82, 2.24) is 4.98 Å². The Labute approximate surface area is 125 Å². The standard InChI is InChI=1S/C16H14NOS.CH4/c1-5-6-7-10-18-12-8-9-13-14(11-12)19-15(17-13)16(2,3)4;/h8-9,11H,1H2,2-4H3;1H4/q-1;. The molecule has 0 N–H and O–H groups in total. The maximum atomic E-state index is 5.30. The molecule has 1 heterocycles. The van der Waals surface area contributed by atoms with Gasteiger partial charge in [-0.15, -0.1) is 11.3 Å². The molecule has 0 spiro atoms. The summed E-state index contributed by atoms with van der Waals surface area (Å²) in [5.74, 6) is 8.22. The number of ether oxygens (including phenoxy) is 1. The zero-order valence-corrected chi connectivity index (χ0v) is 12.0. The fraction of sp³-hybridized carbons (Fsp3) is 0.294. The van der Waals surface area contributed by atoms with Crippen LogP contribution in [0.5, 0.6) is 5.75 Å². The van der Waals surface area contributed by atoms with Crippen molar-refractivity contribution in [2.45, 2.75) is 33.6 Å². The predicted molar refractivity (Wildman–Crippen MR) is 86.6 cm³/mol. The van der Waals surface area contributed by atoms with Gasteiger partial charge in [0.25, 0.3) is 0 Å². The molecule has 104 valence electrons. The highest BCUT2D eigenvalue weighted by Crippen LogP contribution is 2.32. The summed E-state index contributed by atoms with van der Waals surface area (Å²) in [6.45, 7) is 9.84. The summed E-state index contributed by atoms with van der Waals surface area (Å²) in [6, 6.07) is 5.76. The quantitative estimate of drug-likeness (QED) is 0.572. The summed E-state index contributed by atoms with van der Waals surface area (Å²) in [5.41, 5.74) is 1.06. The van der Waals surface area contributed by atoms with Gasteiger partial charge in [0.2, 0.25) is 0 Å². The second-order valence-corrected chi connectivity index (χ2v) is 6.06. The van der Waals surface area contributed by atoms with Gasteiger partial charge in [-0.25, -0.2) is 10.9 Å². The van der Waals surface area contributed by atoms with E-state index in [0.717, 1.165) is 15.2 Å². The van der Waals surface area contributed by atoms with E-state index in [9.17, 15) is 0 Å². The Morgan fingerprint density at radius 1 is 1.25 bits per heavy atom. The van der Waals surface area contributed by atoms with Crippen LogP contribution in [0.3, 0.4) is 0 Å². The smallest absolute Gasteiger partial charge is 0.141 e. The van der Waals surface area contributed by atoms with E-state index in [1.807, 2.05) is 18.2 Å². The molecule has 0 unspecified atom stereocenters. The van der Waals surface area contributed by atoms with E-state index in [-0.39, 0.29) is 12.8 Å². The molecule has 0 saturated heterocycles. The first-order valence-corrected chi connectivity index (χ1v) is 6.67. The number of rotatable bonds is 1. The molecule has 2 aromatic rings. The first-order chi connectivity index (χ1) is 9.00. The number of hydrogen-bond donors (Lipinski definition) is 0. The van der Waals surface area contributed by atoms with E-state index >= 15 is 0 Å². The van der Waals surface area contributed by atoms with Gasteiger partial charge in [0, 0.05) is 11.5 Å². The molecule has 2 nitrogen and oxygen atoms in total. The molecule has 0 aliphatic rings. The third-order valence-electron chi connectivity index (χ3n) is 2.37. The van der Waals surface area contributed by atoms with Crippen molar-refractivity contribution >= 4 is 21.6 Å². The maximum absolute atomic E-state index is 5.30. The second kappa shape index (κ2) is 6.37. The average Bonchev–Trinajstić information content (AvgIpc) is 2.77. The van der Waals surface area contributed by atoms with Crippen LogP contribution in [0.2, 0.25) is 0 Å². The molecule has 3 heteroatoms. The van der Waals surface area contributed by atoms with Gasteiger partial charge >= 0.3 is 0 Å². The lowest BCUT2D eigenvalue weighted by Gasteiger charge is -2.13. The van der Waals surface area contributed by atoms with Gasteiger partial charge in [0.1, 0.15) is 11.9 Å². The maximum Gasteiger partial charge on any atom is 0.141 e. The Morgan fingerprint density at radius 2 is 2.00 bits per heavy atom. The molecule has 1 aromatic heterocycles. The Hall–Kier alpha value is -2.10. The summed E-state index contributed by atoms with van der Waals surface area (Å²) < 4.78 is 6.40. The molecule has 0 atom stereocenters. The summed E-state index contributed by atoms with van der Waals surface area (Å²) in [6.07, 6.45) is 2.52. The number of nitrogens with zero attached hydrogens (tertiary/aromatic N) is 1. The van der Waals surface area contributed by atoms with E-state index in [0.29, 0.717) is 5.75 Å². The molecule has 0 amide bonds. The second-order valence-electron chi connectivity index (χ2n) is 5.03. The van der Waals surface area contributed by atoms with Crippen LogP contribution in [0, 0.1) is 30.8 Å². The molecule has 0 radical (unpaired) electrons. The minimum absolute atomic E-state index is 0. The van der Waals surface area contributed by atoms with Gasteiger partial charge in [-0.1, -0.05) is 34.1 Å². The van der Waals surface area contributed by atoms with Crippen LogP contribution < -0.4 is 4.74 Å². The van der Waals surface area contributed by atoms with Crippen molar-refractivity contribution in [2.24, 2.45) is 0 Å². The van der Waals surface area contributed by atoms with Gasteiger partial charge < -0.3 is 4.74 Å². The van der Waals surface area contributed by atoms with Crippen molar-refractivity contribution in [1.29, 1.82) is 0 Å². The Balaban J connectivity index is 0.00000200. The van der Waals surface area contributed by atoms with Gasteiger partial charge in [-0.05, 0) is 12.1 Å². The Morgan fingerprint density at radius 3 is 2.65 bits per heavy atom. The van der Waals surface area contributed by atoms with E-state index in [1.165, 1.54) is 0 Å². The molecular formula is C17H18NOS-. The van der Waals surface area contributed by atoms with E-state index in [1.54, 1.807) is 11.3 Å². The predicted octanol–water partition coefficient (Wildman–Crippen LogP) is 4.41. The van der Waals surface area contributed by atoms with Crippen LogP contribution in [-0.2, 0) is 5.41 Å². The summed E-state index contributed by atoms with van der Waals surface area (Å²) >= 11 is 1.68. The van der Waals surface area contributed by atoms with Crippen LogP contribution in [0.4, 0.5) is 0 Å². The lowest BCUT2D eigenvalue weighted by atomic mass is 9.98. The summed E-state index contributed by atoms with van der Waals surface area (Å²) in [4.78, 5) is 4.63. The number of thiazole rings is 1. The van der Waals surface area contributed by atoms with Gasteiger partial charge in [0.15, 0.2) is 0 Å². The van der Waals surface area contributed by atoms with Crippen molar-refractivity contribution in [3.63, 3.8) is 0 Å². The summed E-state index contributed by atoms with van der Waals surface area (Å²) in [7, 11) is 0. The van der Waals surface area contributed by atoms with Gasteiger partial charge in [0.05, 0.1) is 15.2 Å². The first kappa shape index (κ1) is 16.0. The highest BCUT2D eigenvalue weighted by atomic mass is 32.1. The number of hydrogen-bond acceptors (Lipinski definition) is 3. The molecule has 0 aliphatic carbocycles. The highest BCUT2D eigenvalue weighted by Gasteiger charge is 2.18. The molecule has 2 rings (SSSR count). The molecule has 0 saturated carbocycles. The van der Waals surface area contributed by atoms with Crippen LogP contribution in [-0.4, -0.2) is 4.98 Å². The van der Waals surface area contributed by atoms with Gasteiger partial charge in [-0.3, -0.25) is 5.92 Å². The summed E-state index contributed by atoms with van der Waals surface area (Å²) in [5, 5.41) is 1.12. The largest absolute Gasteiger partial charge is 0.408 e. The minimum atomic E-state index is 0. The van der Waals surface area contributed by atoms with Crippen LogP contribution in [0.15, 0.2) is 18.2 Å². The molecule has 0 aliphatic heterocycles. The van der Waals surface area contributed by atoms with Crippen molar-refractivity contribution in [2.75, 3.05) is 0 Å². The molecule has 20 heavy (non-hydrogen) atoms. The zero-order chi connectivity index (χ0) is 13.9. The van der Waals surface area contributed by atoms with E-state index in [4.69, 9.17) is 4.74 Å². The van der Waals surface area contributed by atoms with Crippen molar-refractivity contribution < 1.29 is 4.74 Å². The third-order valence-corrected chi connectivity index (χ3v) is 3.82. The van der Waals surface area contributed by atoms with Crippen molar-refractivity contribution in [3.05, 3.63) is 30.1 Å². The fourth-order valence-electron chi connectivity index (χ4n) is 1.44. The monoisotopic (exact) mass is 284 g/mol. The van der Waals surface area contributed by atoms with Crippen molar-refractivity contribution in [3.8, 4) is 29.6 Å². The van der Waals surface area contributed by atoms with Gasteiger partial charge in [-0.2, -0.15) is 6.92 Å². The topological polar surface area (TPSA) is 22.1 Å².